The van der Waals surface area contributed by atoms with E-state index >= 15 is 0 Å². The van der Waals surface area contributed by atoms with Gasteiger partial charge in [0.15, 0.2) is 0 Å². The Morgan fingerprint density at radius 1 is 1.05 bits per heavy atom. The van der Waals surface area contributed by atoms with Crippen LogP contribution in [0.5, 0.6) is 0 Å². The topological polar surface area (TPSA) is 58.4 Å². The Labute approximate surface area is 131 Å². The first-order chi connectivity index (χ1) is 10.6. The maximum atomic E-state index is 12.2. The van der Waals surface area contributed by atoms with Gasteiger partial charge in [0.05, 0.1) is 0 Å². The maximum absolute atomic E-state index is 12.2. The van der Waals surface area contributed by atoms with E-state index in [1.54, 1.807) is 0 Å². The SMILES string of the molecule is CN(C)Cc1ccccc1CNC(=O)C(N)c1ccccc1. The molecule has 0 aliphatic heterocycles. The zero-order valence-corrected chi connectivity index (χ0v) is 13.1. The number of nitrogens with two attached hydrogens (primary N) is 1. The van der Waals surface area contributed by atoms with Crippen molar-refractivity contribution in [1.82, 2.24) is 10.2 Å². The molecule has 0 aliphatic carbocycles. The number of hydrogen-bond acceptors (Lipinski definition) is 3. The van der Waals surface area contributed by atoms with Crippen LogP contribution in [0.3, 0.4) is 0 Å². The molecule has 0 aliphatic rings. The van der Waals surface area contributed by atoms with Gasteiger partial charge in [-0.05, 0) is 30.8 Å². The highest BCUT2D eigenvalue weighted by Gasteiger charge is 2.15. The van der Waals surface area contributed by atoms with E-state index in [-0.39, 0.29) is 5.91 Å². The second-order valence-electron chi connectivity index (χ2n) is 5.61. The van der Waals surface area contributed by atoms with Gasteiger partial charge in [-0.1, -0.05) is 54.6 Å². The van der Waals surface area contributed by atoms with Crippen molar-refractivity contribution >= 4 is 5.91 Å². The molecule has 0 saturated heterocycles. The van der Waals surface area contributed by atoms with E-state index in [9.17, 15) is 4.79 Å². The van der Waals surface area contributed by atoms with E-state index in [0.717, 1.165) is 17.7 Å². The third kappa shape index (κ3) is 4.41. The summed E-state index contributed by atoms with van der Waals surface area (Å²) in [5, 5.41) is 2.93. The van der Waals surface area contributed by atoms with Crippen LogP contribution in [-0.4, -0.2) is 24.9 Å². The lowest BCUT2D eigenvalue weighted by Crippen LogP contribution is -2.34. The Hall–Kier alpha value is -2.17. The lowest BCUT2D eigenvalue weighted by molar-refractivity contribution is -0.122. The van der Waals surface area contributed by atoms with Crippen LogP contribution in [0.25, 0.3) is 0 Å². The lowest BCUT2D eigenvalue weighted by atomic mass is 10.1. The first kappa shape index (κ1) is 16.2. The van der Waals surface area contributed by atoms with Crippen molar-refractivity contribution < 1.29 is 4.79 Å². The van der Waals surface area contributed by atoms with E-state index in [0.29, 0.717) is 6.54 Å². The van der Waals surface area contributed by atoms with E-state index in [2.05, 4.69) is 16.3 Å². The summed E-state index contributed by atoms with van der Waals surface area (Å²) >= 11 is 0. The van der Waals surface area contributed by atoms with Crippen LogP contribution >= 0.6 is 0 Å². The molecule has 2 aromatic carbocycles. The monoisotopic (exact) mass is 297 g/mol. The van der Waals surface area contributed by atoms with E-state index in [4.69, 9.17) is 5.73 Å². The van der Waals surface area contributed by atoms with E-state index in [1.165, 1.54) is 5.56 Å². The van der Waals surface area contributed by atoms with Crippen molar-refractivity contribution in [2.45, 2.75) is 19.1 Å². The van der Waals surface area contributed by atoms with Crippen LogP contribution in [0.15, 0.2) is 54.6 Å². The normalized spacial score (nSPS) is 12.2. The summed E-state index contributed by atoms with van der Waals surface area (Å²) in [6.45, 7) is 1.33. The minimum Gasteiger partial charge on any atom is -0.350 e. The molecule has 2 rings (SSSR count). The van der Waals surface area contributed by atoms with Gasteiger partial charge in [-0.15, -0.1) is 0 Å². The largest absolute Gasteiger partial charge is 0.350 e. The van der Waals surface area contributed by atoms with Gasteiger partial charge in [-0.3, -0.25) is 4.79 Å². The average Bonchev–Trinajstić information content (AvgIpc) is 2.53. The van der Waals surface area contributed by atoms with Crippen molar-refractivity contribution in [3.8, 4) is 0 Å². The Kier molecular flexibility index (Phi) is 5.69. The molecule has 1 amide bonds. The molecule has 1 unspecified atom stereocenters. The van der Waals surface area contributed by atoms with Crippen LogP contribution in [0.2, 0.25) is 0 Å². The molecule has 4 heteroatoms. The fraction of sp³-hybridized carbons (Fsp3) is 0.278. The van der Waals surface area contributed by atoms with Crippen LogP contribution in [0, 0.1) is 0 Å². The fourth-order valence-corrected chi connectivity index (χ4v) is 2.33. The molecular weight excluding hydrogens is 274 g/mol. The highest BCUT2D eigenvalue weighted by atomic mass is 16.2. The molecule has 2 aromatic rings. The predicted octanol–water partition coefficient (Wildman–Crippen LogP) is 2.06. The molecule has 0 saturated carbocycles. The molecule has 22 heavy (non-hydrogen) atoms. The number of benzene rings is 2. The zero-order valence-electron chi connectivity index (χ0n) is 13.1. The van der Waals surface area contributed by atoms with Gasteiger partial charge in [0, 0.05) is 13.1 Å². The predicted molar refractivity (Wildman–Crippen MR) is 89.1 cm³/mol. The van der Waals surface area contributed by atoms with Crippen molar-refractivity contribution in [3.05, 3.63) is 71.3 Å². The second kappa shape index (κ2) is 7.73. The summed E-state index contributed by atoms with van der Waals surface area (Å²) in [5.41, 5.74) is 9.15. The van der Waals surface area contributed by atoms with Crippen molar-refractivity contribution in [1.29, 1.82) is 0 Å². The summed E-state index contributed by atoms with van der Waals surface area (Å²) < 4.78 is 0. The van der Waals surface area contributed by atoms with E-state index in [1.807, 2.05) is 62.6 Å². The zero-order chi connectivity index (χ0) is 15.9. The molecule has 0 bridgehead atoms. The van der Waals surface area contributed by atoms with Gasteiger partial charge in [0.25, 0.3) is 0 Å². The minimum absolute atomic E-state index is 0.161. The Morgan fingerprint density at radius 3 is 2.27 bits per heavy atom. The quantitative estimate of drug-likeness (QED) is 0.858. The first-order valence-electron chi connectivity index (χ1n) is 7.37. The third-order valence-electron chi connectivity index (χ3n) is 3.50. The molecule has 0 aromatic heterocycles. The highest BCUT2D eigenvalue weighted by Crippen LogP contribution is 2.12. The first-order valence-corrected chi connectivity index (χ1v) is 7.37. The third-order valence-corrected chi connectivity index (χ3v) is 3.50. The summed E-state index contributed by atoms with van der Waals surface area (Å²) in [6, 6.07) is 16.9. The molecule has 0 fully saturated rings. The summed E-state index contributed by atoms with van der Waals surface area (Å²) in [7, 11) is 4.06. The van der Waals surface area contributed by atoms with Gasteiger partial charge in [0.1, 0.15) is 6.04 Å². The Bertz CT molecular complexity index is 611. The number of nitrogens with one attached hydrogen (secondary N) is 1. The number of nitrogens with zero attached hydrogens (tertiary/aromatic N) is 1. The average molecular weight is 297 g/mol. The smallest absolute Gasteiger partial charge is 0.241 e. The minimum atomic E-state index is -0.637. The lowest BCUT2D eigenvalue weighted by Gasteiger charge is -2.16. The summed E-state index contributed by atoms with van der Waals surface area (Å²) in [5.74, 6) is -0.161. The summed E-state index contributed by atoms with van der Waals surface area (Å²) in [4.78, 5) is 14.3. The van der Waals surface area contributed by atoms with Crippen LogP contribution in [0.1, 0.15) is 22.7 Å². The fourth-order valence-electron chi connectivity index (χ4n) is 2.33. The van der Waals surface area contributed by atoms with E-state index < -0.39 is 6.04 Å². The Balaban J connectivity index is 1.99. The van der Waals surface area contributed by atoms with Crippen molar-refractivity contribution in [2.24, 2.45) is 5.73 Å². The van der Waals surface area contributed by atoms with Crippen LogP contribution in [0.4, 0.5) is 0 Å². The molecule has 4 nitrogen and oxygen atoms in total. The number of rotatable bonds is 6. The van der Waals surface area contributed by atoms with Gasteiger partial charge < -0.3 is 16.0 Å². The number of amides is 1. The van der Waals surface area contributed by atoms with Crippen LogP contribution < -0.4 is 11.1 Å². The number of carbonyl (C=O) groups excluding carboxylic acids is 1. The molecule has 0 radical (unpaired) electrons. The molecule has 116 valence electrons. The number of hydrogen-bond donors (Lipinski definition) is 2. The second-order valence-corrected chi connectivity index (χ2v) is 5.61. The van der Waals surface area contributed by atoms with Crippen LogP contribution in [-0.2, 0) is 17.9 Å². The molecule has 0 heterocycles. The van der Waals surface area contributed by atoms with Gasteiger partial charge in [-0.25, -0.2) is 0 Å². The van der Waals surface area contributed by atoms with Gasteiger partial charge >= 0.3 is 0 Å². The highest BCUT2D eigenvalue weighted by molar-refractivity contribution is 5.82. The maximum Gasteiger partial charge on any atom is 0.241 e. The number of carbonyl (C=O) groups is 1. The summed E-state index contributed by atoms with van der Waals surface area (Å²) in [6.07, 6.45) is 0. The standard InChI is InChI=1S/C18H23N3O/c1-21(2)13-16-11-7-6-10-15(16)12-20-18(22)17(19)14-8-4-3-5-9-14/h3-11,17H,12-13,19H2,1-2H3,(H,20,22). The van der Waals surface area contributed by atoms with Crippen molar-refractivity contribution in [3.63, 3.8) is 0 Å². The van der Waals surface area contributed by atoms with Gasteiger partial charge in [0.2, 0.25) is 5.91 Å². The molecular formula is C18H23N3O. The Morgan fingerprint density at radius 2 is 1.64 bits per heavy atom. The van der Waals surface area contributed by atoms with Gasteiger partial charge in [-0.2, -0.15) is 0 Å². The molecule has 0 spiro atoms. The van der Waals surface area contributed by atoms with Crippen molar-refractivity contribution in [2.75, 3.05) is 14.1 Å². The molecule has 1 atom stereocenters. The molecule has 3 N–H and O–H groups in total.